The maximum atomic E-state index is 12.9. The van der Waals surface area contributed by atoms with Crippen LogP contribution < -0.4 is 4.18 Å². The van der Waals surface area contributed by atoms with Crippen molar-refractivity contribution >= 4 is 38.8 Å². The molecule has 0 fully saturated rings. The molecule has 0 saturated carbocycles. The van der Waals surface area contributed by atoms with E-state index < -0.39 is 21.8 Å². The van der Waals surface area contributed by atoms with Crippen LogP contribution in [-0.2, 0) is 20.6 Å². The second-order valence-electron chi connectivity index (χ2n) is 7.06. The van der Waals surface area contributed by atoms with Crippen molar-refractivity contribution in [2.75, 3.05) is 7.11 Å². The number of methoxy groups -OCH3 is 1. The Labute approximate surface area is 189 Å². The number of aromatic nitrogens is 1. The molecule has 4 rings (SSSR count). The van der Waals surface area contributed by atoms with Gasteiger partial charge >= 0.3 is 16.1 Å². The van der Waals surface area contributed by atoms with E-state index in [1.807, 2.05) is 19.1 Å². The fourth-order valence-corrected chi connectivity index (χ4v) is 4.47. The molecule has 4 aromatic rings. The van der Waals surface area contributed by atoms with Crippen molar-refractivity contribution in [1.82, 2.24) is 4.98 Å². The highest BCUT2D eigenvalue weighted by Crippen LogP contribution is 2.35. The van der Waals surface area contributed by atoms with Crippen LogP contribution in [0.1, 0.15) is 21.5 Å². The van der Waals surface area contributed by atoms with Gasteiger partial charge in [0.1, 0.15) is 11.3 Å². The molecule has 9 heteroatoms. The number of nitrogens with zero attached hydrogens (tertiary/aromatic N) is 1. The van der Waals surface area contributed by atoms with E-state index in [0.717, 1.165) is 5.56 Å². The molecule has 1 aromatic heterocycles. The van der Waals surface area contributed by atoms with Crippen LogP contribution in [0.3, 0.4) is 0 Å². The van der Waals surface area contributed by atoms with Gasteiger partial charge in [0.15, 0.2) is 11.3 Å². The predicted octanol–water partition coefficient (Wildman–Crippen LogP) is 5.15. The standard InChI is InChI=1S/C23H18ClNO6S/c1-14-7-10-20-19(11-14)25-22(30-20)18-9-8-16(24)12-21(18)31-32(27,28)13-15-5-3-4-6-17(15)23(26)29-2/h3-12H,13H2,1-2H3. The number of rotatable bonds is 6. The molecule has 7 nitrogen and oxygen atoms in total. The Bertz CT molecular complexity index is 1430. The number of benzene rings is 3. The van der Waals surface area contributed by atoms with Crippen molar-refractivity contribution in [2.45, 2.75) is 12.7 Å². The lowest BCUT2D eigenvalue weighted by Crippen LogP contribution is -2.15. The number of hydrogen-bond donors (Lipinski definition) is 0. The van der Waals surface area contributed by atoms with Crippen molar-refractivity contribution in [3.8, 4) is 17.2 Å². The normalized spacial score (nSPS) is 11.5. The van der Waals surface area contributed by atoms with E-state index in [9.17, 15) is 13.2 Å². The Morgan fingerprint density at radius 2 is 1.88 bits per heavy atom. The molecule has 0 spiro atoms. The third-order valence-corrected chi connectivity index (χ3v) is 6.02. The van der Waals surface area contributed by atoms with E-state index in [0.29, 0.717) is 16.7 Å². The van der Waals surface area contributed by atoms with Gasteiger partial charge in [-0.05, 0) is 48.4 Å². The van der Waals surface area contributed by atoms with Crippen LogP contribution in [0.25, 0.3) is 22.6 Å². The Morgan fingerprint density at radius 3 is 2.66 bits per heavy atom. The topological polar surface area (TPSA) is 95.7 Å². The molecule has 164 valence electrons. The van der Waals surface area contributed by atoms with Gasteiger partial charge in [-0.25, -0.2) is 9.78 Å². The lowest BCUT2D eigenvalue weighted by Gasteiger charge is -2.12. The molecule has 0 saturated heterocycles. The van der Waals surface area contributed by atoms with Gasteiger partial charge in [-0.2, -0.15) is 8.42 Å². The Balaban J connectivity index is 1.70. The molecule has 0 amide bonds. The highest BCUT2D eigenvalue weighted by molar-refractivity contribution is 7.86. The number of ether oxygens (including phenoxy) is 1. The zero-order valence-electron chi connectivity index (χ0n) is 17.2. The van der Waals surface area contributed by atoms with Crippen LogP contribution in [0.5, 0.6) is 5.75 Å². The minimum atomic E-state index is -4.17. The number of esters is 1. The first-order valence-corrected chi connectivity index (χ1v) is 11.5. The van der Waals surface area contributed by atoms with Gasteiger partial charge in [0.05, 0.1) is 18.2 Å². The summed E-state index contributed by atoms with van der Waals surface area (Å²) in [5, 5.41) is 0.279. The van der Waals surface area contributed by atoms with Gasteiger partial charge in [0.25, 0.3) is 0 Å². The van der Waals surface area contributed by atoms with E-state index in [1.165, 1.54) is 25.3 Å². The fourth-order valence-electron chi connectivity index (χ4n) is 3.21. The lowest BCUT2D eigenvalue weighted by molar-refractivity contribution is 0.0600. The van der Waals surface area contributed by atoms with Crippen molar-refractivity contribution in [3.63, 3.8) is 0 Å². The summed E-state index contributed by atoms with van der Waals surface area (Å²) in [5.74, 6) is -1.02. The summed E-state index contributed by atoms with van der Waals surface area (Å²) in [7, 11) is -2.95. The van der Waals surface area contributed by atoms with E-state index in [4.69, 9.17) is 24.9 Å². The quantitative estimate of drug-likeness (QED) is 0.283. The zero-order chi connectivity index (χ0) is 22.9. The molecule has 1 heterocycles. The maximum Gasteiger partial charge on any atom is 0.338 e. The third-order valence-electron chi connectivity index (χ3n) is 4.69. The molecule has 0 unspecified atom stereocenters. The lowest BCUT2D eigenvalue weighted by atomic mass is 10.1. The highest BCUT2D eigenvalue weighted by atomic mass is 35.5. The average Bonchev–Trinajstić information content (AvgIpc) is 3.15. The number of hydrogen-bond acceptors (Lipinski definition) is 7. The Hall–Kier alpha value is -3.36. The molecule has 0 atom stereocenters. The van der Waals surface area contributed by atoms with Crippen LogP contribution in [0.15, 0.2) is 65.1 Å². The number of carbonyl (C=O) groups excluding carboxylic acids is 1. The molecule has 0 aliphatic carbocycles. The van der Waals surface area contributed by atoms with Gasteiger partial charge in [-0.1, -0.05) is 35.9 Å². The molecule has 0 aliphatic heterocycles. The van der Waals surface area contributed by atoms with E-state index >= 15 is 0 Å². The molecule has 0 radical (unpaired) electrons. The van der Waals surface area contributed by atoms with Crippen molar-refractivity contribution in [3.05, 3.63) is 82.4 Å². The van der Waals surface area contributed by atoms with Crippen molar-refractivity contribution in [2.24, 2.45) is 0 Å². The van der Waals surface area contributed by atoms with Crippen molar-refractivity contribution < 1.29 is 26.5 Å². The summed E-state index contributed by atoms with van der Waals surface area (Å²) in [6.45, 7) is 1.93. The monoisotopic (exact) mass is 471 g/mol. The van der Waals surface area contributed by atoms with Crippen molar-refractivity contribution in [1.29, 1.82) is 0 Å². The minimum absolute atomic E-state index is 0.0312. The van der Waals surface area contributed by atoms with Crippen LogP contribution in [-0.4, -0.2) is 26.5 Å². The number of oxazole rings is 1. The molecule has 0 N–H and O–H groups in total. The largest absolute Gasteiger partial charge is 0.465 e. The molecular weight excluding hydrogens is 454 g/mol. The van der Waals surface area contributed by atoms with Gasteiger partial charge in [-0.15, -0.1) is 0 Å². The van der Waals surface area contributed by atoms with Gasteiger partial charge in [0.2, 0.25) is 5.89 Å². The first kappa shape index (κ1) is 21.9. The molecule has 0 bridgehead atoms. The summed E-state index contributed by atoms with van der Waals surface area (Å²) < 4.78 is 41.7. The van der Waals surface area contributed by atoms with E-state index in [-0.39, 0.29) is 27.8 Å². The summed E-state index contributed by atoms with van der Waals surface area (Å²) in [5.41, 5.74) is 2.92. The summed E-state index contributed by atoms with van der Waals surface area (Å²) in [6.07, 6.45) is 0. The van der Waals surface area contributed by atoms with Gasteiger partial charge in [-0.3, -0.25) is 0 Å². The molecule has 0 aliphatic rings. The zero-order valence-corrected chi connectivity index (χ0v) is 18.7. The first-order chi connectivity index (χ1) is 15.3. The predicted molar refractivity (Wildman–Crippen MR) is 120 cm³/mol. The van der Waals surface area contributed by atoms with E-state index in [1.54, 1.807) is 30.3 Å². The number of aryl methyl sites for hydroxylation is 1. The third kappa shape index (κ3) is 4.61. The Morgan fingerprint density at radius 1 is 1.09 bits per heavy atom. The van der Waals surface area contributed by atoms with Crippen LogP contribution >= 0.6 is 11.6 Å². The van der Waals surface area contributed by atoms with Gasteiger partial charge in [0, 0.05) is 11.1 Å². The summed E-state index contributed by atoms with van der Waals surface area (Å²) >= 11 is 6.09. The minimum Gasteiger partial charge on any atom is -0.465 e. The fraction of sp³-hybridized carbons (Fsp3) is 0.130. The number of fused-ring (bicyclic) bond motifs is 1. The molecule has 3 aromatic carbocycles. The second kappa shape index (κ2) is 8.64. The van der Waals surface area contributed by atoms with Gasteiger partial charge < -0.3 is 13.3 Å². The van der Waals surface area contributed by atoms with Crippen LogP contribution in [0, 0.1) is 6.92 Å². The molecule has 32 heavy (non-hydrogen) atoms. The van der Waals surface area contributed by atoms with Crippen LogP contribution in [0.2, 0.25) is 5.02 Å². The average molecular weight is 472 g/mol. The number of halogens is 1. The Kier molecular flexibility index (Phi) is 5.90. The summed E-state index contributed by atoms with van der Waals surface area (Å²) in [6, 6.07) is 16.3. The van der Waals surface area contributed by atoms with E-state index in [2.05, 4.69) is 4.98 Å². The maximum absolute atomic E-state index is 12.9. The number of carbonyl (C=O) groups is 1. The first-order valence-electron chi connectivity index (χ1n) is 9.51. The smallest absolute Gasteiger partial charge is 0.338 e. The SMILES string of the molecule is COC(=O)c1ccccc1CS(=O)(=O)Oc1cc(Cl)ccc1-c1nc2cc(C)ccc2o1. The highest BCUT2D eigenvalue weighted by Gasteiger charge is 2.23. The molecular formula is C23H18ClNO6S. The summed E-state index contributed by atoms with van der Waals surface area (Å²) in [4.78, 5) is 16.4. The van der Waals surface area contributed by atoms with Crippen LogP contribution in [0.4, 0.5) is 0 Å². The second-order valence-corrected chi connectivity index (χ2v) is 9.07.